The SMILES string of the molecule is CC[C@H](C)[C@H](N)C(=O)N(CC(=O)O)CC1CC1. The van der Waals surface area contributed by atoms with Crippen LogP contribution in [-0.2, 0) is 9.59 Å². The lowest BCUT2D eigenvalue weighted by Gasteiger charge is -2.26. The van der Waals surface area contributed by atoms with Crippen LogP contribution in [0.4, 0.5) is 0 Å². The molecule has 0 aromatic rings. The number of aliphatic carboxylic acids is 1. The van der Waals surface area contributed by atoms with E-state index in [1.165, 1.54) is 4.90 Å². The minimum absolute atomic E-state index is 0.0815. The maximum atomic E-state index is 12.1. The van der Waals surface area contributed by atoms with Gasteiger partial charge in [0.05, 0.1) is 6.04 Å². The van der Waals surface area contributed by atoms with Gasteiger partial charge in [-0.3, -0.25) is 9.59 Å². The summed E-state index contributed by atoms with van der Waals surface area (Å²) in [5, 5.41) is 8.81. The Hall–Kier alpha value is -1.10. The van der Waals surface area contributed by atoms with Gasteiger partial charge in [0.25, 0.3) is 0 Å². The first-order valence-electron chi connectivity index (χ1n) is 6.21. The number of carboxylic acids is 1. The molecular formula is C12H22N2O3. The number of carbonyl (C=O) groups is 2. The monoisotopic (exact) mass is 242 g/mol. The van der Waals surface area contributed by atoms with E-state index in [2.05, 4.69) is 0 Å². The Labute approximate surface area is 102 Å². The van der Waals surface area contributed by atoms with Crippen LogP contribution in [0, 0.1) is 11.8 Å². The molecule has 3 N–H and O–H groups in total. The van der Waals surface area contributed by atoms with Crippen LogP contribution in [0.25, 0.3) is 0 Å². The third-order valence-electron chi connectivity index (χ3n) is 3.36. The Morgan fingerprint density at radius 3 is 2.47 bits per heavy atom. The van der Waals surface area contributed by atoms with Gasteiger partial charge >= 0.3 is 5.97 Å². The number of nitrogens with zero attached hydrogens (tertiary/aromatic N) is 1. The molecule has 17 heavy (non-hydrogen) atoms. The number of hydrogen-bond acceptors (Lipinski definition) is 3. The summed E-state index contributed by atoms with van der Waals surface area (Å²) in [5.41, 5.74) is 5.86. The molecule has 98 valence electrons. The predicted octanol–water partition coefficient (Wildman–Crippen LogP) is 0.683. The van der Waals surface area contributed by atoms with Crippen molar-refractivity contribution in [3.05, 3.63) is 0 Å². The number of nitrogens with two attached hydrogens (primary N) is 1. The van der Waals surface area contributed by atoms with E-state index in [0.29, 0.717) is 12.5 Å². The number of hydrogen-bond donors (Lipinski definition) is 2. The molecule has 1 fully saturated rings. The van der Waals surface area contributed by atoms with E-state index in [4.69, 9.17) is 10.8 Å². The van der Waals surface area contributed by atoms with Gasteiger partial charge in [0.15, 0.2) is 0 Å². The van der Waals surface area contributed by atoms with E-state index < -0.39 is 12.0 Å². The molecule has 5 nitrogen and oxygen atoms in total. The number of amides is 1. The van der Waals surface area contributed by atoms with Crippen molar-refractivity contribution in [2.45, 2.75) is 39.2 Å². The summed E-state index contributed by atoms with van der Waals surface area (Å²) in [6.07, 6.45) is 2.99. The highest BCUT2D eigenvalue weighted by Crippen LogP contribution is 2.30. The zero-order valence-corrected chi connectivity index (χ0v) is 10.6. The topological polar surface area (TPSA) is 83.6 Å². The van der Waals surface area contributed by atoms with E-state index >= 15 is 0 Å². The first-order valence-corrected chi connectivity index (χ1v) is 6.21. The summed E-state index contributed by atoms with van der Waals surface area (Å²) in [4.78, 5) is 24.2. The van der Waals surface area contributed by atoms with Gasteiger partial charge in [-0.2, -0.15) is 0 Å². The zero-order chi connectivity index (χ0) is 13.0. The molecular weight excluding hydrogens is 220 g/mol. The first kappa shape index (κ1) is 14.0. The van der Waals surface area contributed by atoms with Crippen LogP contribution in [0.3, 0.4) is 0 Å². The molecule has 2 atom stereocenters. The van der Waals surface area contributed by atoms with Crippen molar-refractivity contribution in [2.24, 2.45) is 17.6 Å². The molecule has 1 saturated carbocycles. The third kappa shape index (κ3) is 4.34. The van der Waals surface area contributed by atoms with E-state index in [0.717, 1.165) is 19.3 Å². The van der Waals surface area contributed by atoms with Gasteiger partial charge < -0.3 is 15.7 Å². The summed E-state index contributed by atoms with van der Waals surface area (Å²) in [6.45, 7) is 4.19. The van der Waals surface area contributed by atoms with E-state index in [9.17, 15) is 9.59 Å². The smallest absolute Gasteiger partial charge is 0.323 e. The van der Waals surface area contributed by atoms with Crippen LogP contribution < -0.4 is 5.73 Å². The molecule has 0 radical (unpaired) electrons. The van der Waals surface area contributed by atoms with Gasteiger partial charge in [0.1, 0.15) is 6.54 Å². The normalized spacial score (nSPS) is 18.5. The van der Waals surface area contributed by atoms with Crippen LogP contribution in [0.2, 0.25) is 0 Å². The fourth-order valence-electron chi connectivity index (χ4n) is 1.72. The standard InChI is InChI=1S/C12H22N2O3/c1-3-8(2)11(13)12(17)14(7-10(15)16)6-9-4-5-9/h8-9,11H,3-7,13H2,1-2H3,(H,15,16)/t8-,11-/m0/s1. The first-order chi connectivity index (χ1) is 7.95. The van der Waals surface area contributed by atoms with Gasteiger partial charge in [-0.1, -0.05) is 20.3 Å². The predicted molar refractivity (Wildman–Crippen MR) is 64.4 cm³/mol. The van der Waals surface area contributed by atoms with Crippen molar-refractivity contribution in [1.29, 1.82) is 0 Å². The van der Waals surface area contributed by atoms with Crippen LogP contribution in [0.15, 0.2) is 0 Å². The van der Waals surface area contributed by atoms with Gasteiger partial charge in [-0.05, 0) is 24.7 Å². The summed E-state index contributed by atoms with van der Waals surface area (Å²) in [5.74, 6) is -0.649. The number of carboxylic acid groups (broad SMARTS) is 1. The molecule has 0 spiro atoms. The van der Waals surface area contributed by atoms with E-state index in [-0.39, 0.29) is 18.4 Å². The van der Waals surface area contributed by atoms with Crippen molar-refractivity contribution >= 4 is 11.9 Å². The second-order valence-electron chi connectivity index (χ2n) is 4.97. The van der Waals surface area contributed by atoms with Crippen molar-refractivity contribution < 1.29 is 14.7 Å². The highest BCUT2D eigenvalue weighted by Gasteiger charge is 2.31. The average Bonchev–Trinajstić information content (AvgIpc) is 3.08. The summed E-state index contributed by atoms with van der Waals surface area (Å²) < 4.78 is 0. The Morgan fingerprint density at radius 1 is 1.47 bits per heavy atom. The lowest BCUT2D eigenvalue weighted by molar-refractivity contribution is -0.145. The lowest BCUT2D eigenvalue weighted by atomic mass is 9.99. The summed E-state index contributed by atoms with van der Waals surface area (Å²) in [7, 11) is 0. The minimum atomic E-state index is -0.977. The summed E-state index contributed by atoms with van der Waals surface area (Å²) >= 11 is 0. The highest BCUT2D eigenvalue weighted by atomic mass is 16.4. The molecule has 0 aromatic carbocycles. The fraction of sp³-hybridized carbons (Fsp3) is 0.833. The molecule has 1 amide bonds. The zero-order valence-electron chi connectivity index (χ0n) is 10.6. The van der Waals surface area contributed by atoms with Crippen molar-refractivity contribution in [1.82, 2.24) is 4.90 Å². The van der Waals surface area contributed by atoms with Crippen molar-refractivity contribution in [2.75, 3.05) is 13.1 Å². The Kier molecular flexibility index (Phi) is 4.93. The molecule has 0 aromatic heterocycles. The van der Waals surface area contributed by atoms with Gasteiger partial charge in [0.2, 0.25) is 5.91 Å². The molecule has 0 bridgehead atoms. The Balaban J connectivity index is 2.59. The van der Waals surface area contributed by atoms with Crippen molar-refractivity contribution in [3.63, 3.8) is 0 Å². The second-order valence-corrected chi connectivity index (χ2v) is 4.97. The van der Waals surface area contributed by atoms with Gasteiger partial charge in [0, 0.05) is 6.54 Å². The van der Waals surface area contributed by atoms with Crippen LogP contribution in [0.5, 0.6) is 0 Å². The molecule has 1 rings (SSSR count). The van der Waals surface area contributed by atoms with Crippen molar-refractivity contribution in [3.8, 4) is 0 Å². The molecule has 0 unspecified atom stereocenters. The fourth-order valence-corrected chi connectivity index (χ4v) is 1.72. The number of carbonyl (C=O) groups excluding carboxylic acids is 1. The third-order valence-corrected chi connectivity index (χ3v) is 3.36. The largest absolute Gasteiger partial charge is 0.480 e. The highest BCUT2D eigenvalue weighted by molar-refractivity contribution is 5.85. The maximum Gasteiger partial charge on any atom is 0.323 e. The van der Waals surface area contributed by atoms with Gasteiger partial charge in [-0.25, -0.2) is 0 Å². The van der Waals surface area contributed by atoms with Crippen LogP contribution in [-0.4, -0.2) is 41.0 Å². The second kappa shape index (κ2) is 6.00. The van der Waals surface area contributed by atoms with E-state index in [1.807, 2.05) is 13.8 Å². The van der Waals surface area contributed by atoms with E-state index in [1.54, 1.807) is 0 Å². The molecule has 5 heteroatoms. The molecule has 0 heterocycles. The lowest BCUT2D eigenvalue weighted by Crippen LogP contribution is -2.49. The summed E-state index contributed by atoms with van der Waals surface area (Å²) in [6, 6.07) is -0.585. The van der Waals surface area contributed by atoms with Crippen LogP contribution >= 0.6 is 0 Å². The number of rotatable bonds is 7. The maximum absolute atomic E-state index is 12.1. The molecule has 1 aliphatic rings. The van der Waals surface area contributed by atoms with Gasteiger partial charge in [-0.15, -0.1) is 0 Å². The minimum Gasteiger partial charge on any atom is -0.480 e. The molecule has 1 aliphatic carbocycles. The van der Waals surface area contributed by atoms with Crippen LogP contribution in [0.1, 0.15) is 33.1 Å². The molecule has 0 saturated heterocycles. The average molecular weight is 242 g/mol. The Morgan fingerprint density at radius 2 is 2.06 bits per heavy atom. The quantitative estimate of drug-likeness (QED) is 0.687. The Bertz CT molecular complexity index is 289. The molecule has 0 aliphatic heterocycles.